The Morgan fingerprint density at radius 1 is 1.25 bits per heavy atom. The number of benzene rings is 1. The Hall–Kier alpha value is -2.49. The highest BCUT2D eigenvalue weighted by atomic mass is 32.2. The van der Waals surface area contributed by atoms with Crippen LogP contribution in [-0.2, 0) is 16.6 Å². The van der Waals surface area contributed by atoms with Crippen molar-refractivity contribution in [3.8, 4) is 10.6 Å². The van der Waals surface area contributed by atoms with Gasteiger partial charge in [-0.25, -0.2) is 13.6 Å². The molecule has 0 saturated heterocycles. The van der Waals surface area contributed by atoms with Gasteiger partial charge in [-0.1, -0.05) is 18.2 Å². The van der Waals surface area contributed by atoms with Gasteiger partial charge in [-0.15, -0.1) is 11.3 Å². The van der Waals surface area contributed by atoms with Crippen LogP contribution in [0.15, 0.2) is 52.7 Å². The highest BCUT2D eigenvalue weighted by Crippen LogP contribution is 2.22. The highest BCUT2D eigenvalue weighted by molar-refractivity contribution is 7.89. The van der Waals surface area contributed by atoms with Crippen molar-refractivity contribution in [3.63, 3.8) is 0 Å². The predicted octanol–water partition coefficient (Wildman–Crippen LogP) is 1.72. The molecule has 0 aliphatic rings. The number of carbonyl (C=O) groups is 1. The molecule has 0 aliphatic carbocycles. The second-order valence-electron chi connectivity index (χ2n) is 5.02. The Morgan fingerprint density at radius 2 is 2.08 bits per heavy atom. The molecule has 0 aliphatic heterocycles. The summed E-state index contributed by atoms with van der Waals surface area (Å²) in [4.78, 5) is 13.1. The Labute approximate surface area is 142 Å². The molecule has 3 rings (SSSR count). The first-order chi connectivity index (χ1) is 11.4. The summed E-state index contributed by atoms with van der Waals surface area (Å²) in [7, 11) is -3.77. The van der Waals surface area contributed by atoms with Gasteiger partial charge in [0.1, 0.15) is 0 Å². The van der Waals surface area contributed by atoms with Gasteiger partial charge in [0.15, 0.2) is 5.69 Å². The first-order valence-corrected chi connectivity index (χ1v) is 9.35. The maximum atomic E-state index is 12.1. The third-order valence-corrected chi connectivity index (χ3v) is 5.09. The van der Waals surface area contributed by atoms with E-state index in [-0.39, 0.29) is 23.0 Å². The van der Waals surface area contributed by atoms with Crippen LogP contribution in [0, 0.1) is 0 Å². The zero-order valence-electron chi connectivity index (χ0n) is 12.4. The molecule has 2 heterocycles. The standard InChI is InChI=1S/C15H14N4O3S2/c16-24(21,22)11-4-1-3-10(7-11)9-17-15(20)13-8-12(18-19-13)14-5-2-6-23-14/h1-8H,9H2,(H,17,20)(H,18,19)(H2,16,21,22). The molecule has 24 heavy (non-hydrogen) atoms. The third-order valence-electron chi connectivity index (χ3n) is 3.28. The Balaban J connectivity index is 1.68. The number of nitrogens with one attached hydrogen (secondary N) is 2. The molecular formula is C15H14N4O3S2. The number of carbonyl (C=O) groups excluding carboxylic acids is 1. The SMILES string of the molecule is NS(=O)(=O)c1cccc(CNC(=O)c2cc(-c3cccs3)[nH]n2)c1. The number of sulfonamides is 1. The van der Waals surface area contributed by atoms with Crippen LogP contribution in [-0.4, -0.2) is 24.5 Å². The Morgan fingerprint density at radius 3 is 2.79 bits per heavy atom. The van der Waals surface area contributed by atoms with Crippen LogP contribution < -0.4 is 10.5 Å². The van der Waals surface area contributed by atoms with E-state index in [0.717, 1.165) is 10.6 Å². The molecule has 124 valence electrons. The number of thiophene rings is 1. The summed E-state index contributed by atoms with van der Waals surface area (Å²) in [5.74, 6) is -0.352. The average Bonchev–Trinajstić information content (AvgIpc) is 3.22. The lowest BCUT2D eigenvalue weighted by atomic mass is 10.2. The summed E-state index contributed by atoms with van der Waals surface area (Å²) in [6.45, 7) is 0.170. The molecule has 3 aromatic rings. The van der Waals surface area contributed by atoms with E-state index in [1.54, 1.807) is 29.5 Å². The van der Waals surface area contributed by atoms with Crippen molar-refractivity contribution in [1.29, 1.82) is 0 Å². The van der Waals surface area contributed by atoms with Crippen LogP contribution in [0.1, 0.15) is 16.1 Å². The van der Waals surface area contributed by atoms with Gasteiger partial charge in [-0.05, 0) is 35.2 Å². The van der Waals surface area contributed by atoms with Crippen LogP contribution >= 0.6 is 11.3 Å². The third kappa shape index (κ3) is 3.70. The van der Waals surface area contributed by atoms with E-state index in [0.29, 0.717) is 5.56 Å². The molecule has 2 aromatic heterocycles. The largest absolute Gasteiger partial charge is 0.347 e. The maximum Gasteiger partial charge on any atom is 0.272 e. The minimum atomic E-state index is -3.77. The molecule has 0 radical (unpaired) electrons. The molecule has 0 unspecified atom stereocenters. The second kappa shape index (κ2) is 6.56. The van der Waals surface area contributed by atoms with Crippen LogP contribution in [0.5, 0.6) is 0 Å². The molecule has 0 saturated carbocycles. The number of hydrogen-bond donors (Lipinski definition) is 3. The van der Waals surface area contributed by atoms with Crippen LogP contribution in [0.3, 0.4) is 0 Å². The molecule has 0 bridgehead atoms. The zero-order chi connectivity index (χ0) is 17.2. The first-order valence-electron chi connectivity index (χ1n) is 6.93. The minimum Gasteiger partial charge on any atom is -0.347 e. The van der Waals surface area contributed by atoms with E-state index in [4.69, 9.17) is 5.14 Å². The number of rotatable bonds is 5. The number of aromatic amines is 1. The average molecular weight is 362 g/mol. The molecule has 1 amide bonds. The normalized spacial score (nSPS) is 11.4. The number of nitrogens with two attached hydrogens (primary N) is 1. The van der Waals surface area contributed by atoms with Crippen LogP contribution in [0.4, 0.5) is 0 Å². The molecule has 0 spiro atoms. The summed E-state index contributed by atoms with van der Waals surface area (Å²) < 4.78 is 22.7. The van der Waals surface area contributed by atoms with Crippen molar-refractivity contribution in [1.82, 2.24) is 15.5 Å². The van der Waals surface area contributed by atoms with Crippen molar-refractivity contribution >= 4 is 27.3 Å². The summed E-state index contributed by atoms with van der Waals surface area (Å²) in [5, 5.41) is 16.5. The lowest BCUT2D eigenvalue weighted by Crippen LogP contribution is -2.23. The topological polar surface area (TPSA) is 118 Å². The molecule has 9 heteroatoms. The van der Waals surface area contributed by atoms with Crippen molar-refractivity contribution in [2.24, 2.45) is 5.14 Å². The zero-order valence-corrected chi connectivity index (χ0v) is 14.0. The fourth-order valence-electron chi connectivity index (χ4n) is 2.10. The number of nitrogens with zero attached hydrogens (tertiary/aromatic N) is 1. The van der Waals surface area contributed by atoms with Crippen molar-refractivity contribution in [2.45, 2.75) is 11.4 Å². The van der Waals surface area contributed by atoms with E-state index in [1.165, 1.54) is 12.1 Å². The number of H-pyrrole nitrogens is 1. The van der Waals surface area contributed by atoms with E-state index < -0.39 is 10.0 Å². The quantitative estimate of drug-likeness (QED) is 0.640. The smallest absolute Gasteiger partial charge is 0.272 e. The van der Waals surface area contributed by atoms with Gasteiger partial charge in [0.25, 0.3) is 5.91 Å². The lowest BCUT2D eigenvalue weighted by Gasteiger charge is -2.05. The first kappa shape index (κ1) is 16.4. The fraction of sp³-hybridized carbons (Fsp3) is 0.0667. The Kier molecular flexibility index (Phi) is 4.47. The molecule has 0 atom stereocenters. The van der Waals surface area contributed by atoms with Gasteiger partial charge in [0, 0.05) is 6.54 Å². The van der Waals surface area contributed by atoms with Gasteiger partial charge in [0.05, 0.1) is 15.5 Å². The van der Waals surface area contributed by atoms with Gasteiger partial charge >= 0.3 is 0 Å². The summed E-state index contributed by atoms with van der Waals surface area (Å²) in [6, 6.07) is 11.6. The van der Waals surface area contributed by atoms with Crippen molar-refractivity contribution in [3.05, 3.63) is 59.1 Å². The number of hydrogen-bond acceptors (Lipinski definition) is 5. The van der Waals surface area contributed by atoms with Gasteiger partial charge < -0.3 is 5.32 Å². The van der Waals surface area contributed by atoms with Gasteiger partial charge in [-0.3, -0.25) is 9.89 Å². The molecule has 7 nitrogen and oxygen atoms in total. The second-order valence-corrected chi connectivity index (χ2v) is 7.53. The monoisotopic (exact) mass is 362 g/mol. The van der Waals surface area contributed by atoms with E-state index >= 15 is 0 Å². The summed E-state index contributed by atoms with van der Waals surface area (Å²) in [6.07, 6.45) is 0. The van der Waals surface area contributed by atoms with E-state index in [1.807, 2.05) is 17.5 Å². The van der Waals surface area contributed by atoms with Crippen LogP contribution in [0.2, 0.25) is 0 Å². The van der Waals surface area contributed by atoms with Crippen LogP contribution in [0.25, 0.3) is 10.6 Å². The van der Waals surface area contributed by atoms with E-state index in [2.05, 4.69) is 15.5 Å². The molecular weight excluding hydrogens is 348 g/mol. The minimum absolute atomic E-state index is 0.00833. The summed E-state index contributed by atoms with van der Waals surface area (Å²) >= 11 is 1.54. The summed E-state index contributed by atoms with van der Waals surface area (Å²) in [5.41, 5.74) is 1.66. The van der Waals surface area contributed by atoms with Gasteiger partial charge in [-0.2, -0.15) is 5.10 Å². The number of aromatic nitrogens is 2. The van der Waals surface area contributed by atoms with Crippen molar-refractivity contribution in [2.75, 3.05) is 0 Å². The molecule has 1 aromatic carbocycles. The maximum absolute atomic E-state index is 12.1. The predicted molar refractivity (Wildman–Crippen MR) is 90.9 cm³/mol. The van der Waals surface area contributed by atoms with Gasteiger partial charge in [0.2, 0.25) is 10.0 Å². The highest BCUT2D eigenvalue weighted by Gasteiger charge is 2.12. The number of amides is 1. The molecule has 0 fully saturated rings. The number of primary sulfonamides is 1. The van der Waals surface area contributed by atoms with Crippen molar-refractivity contribution < 1.29 is 13.2 Å². The lowest BCUT2D eigenvalue weighted by molar-refractivity contribution is 0.0946. The van der Waals surface area contributed by atoms with E-state index in [9.17, 15) is 13.2 Å². The Bertz CT molecular complexity index is 962. The fourth-order valence-corrected chi connectivity index (χ4v) is 3.38. The molecule has 4 N–H and O–H groups in total.